The van der Waals surface area contributed by atoms with Crippen molar-refractivity contribution >= 4 is 11.6 Å². The Morgan fingerprint density at radius 2 is 1.68 bits per heavy atom. The predicted molar refractivity (Wildman–Crippen MR) is 73.4 cm³/mol. The van der Waals surface area contributed by atoms with Gasteiger partial charge >= 0.3 is 0 Å². The average Bonchev–Trinajstić information content (AvgIpc) is 2.38. The molecule has 0 radical (unpaired) electrons. The molecule has 100 valence electrons. The lowest BCUT2D eigenvalue weighted by molar-refractivity contribution is 0.547. The molecule has 19 heavy (non-hydrogen) atoms. The maximum atomic E-state index is 13.9. The van der Waals surface area contributed by atoms with Crippen LogP contribution in [0.5, 0.6) is 0 Å². The monoisotopic (exact) mass is 281 g/mol. The Hall–Kier alpha value is -1.45. The van der Waals surface area contributed by atoms with E-state index in [1.165, 1.54) is 6.07 Å². The van der Waals surface area contributed by atoms with Gasteiger partial charge in [-0.25, -0.2) is 8.78 Å². The van der Waals surface area contributed by atoms with Gasteiger partial charge in [0.25, 0.3) is 0 Å². The zero-order chi connectivity index (χ0) is 14.0. The van der Waals surface area contributed by atoms with Gasteiger partial charge in [-0.3, -0.25) is 0 Å². The molecule has 0 bridgehead atoms. The summed E-state index contributed by atoms with van der Waals surface area (Å²) in [5.74, 6) is -1.09. The van der Waals surface area contributed by atoms with Crippen LogP contribution in [0.15, 0.2) is 36.4 Å². The summed E-state index contributed by atoms with van der Waals surface area (Å²) in [5, 5.41) is 3.66. The van der Waals surface area contributed by atoms with E-state index < -0.39 is 11.6 Å². The van der Waals surface area contributed by atoms with E-state index in [0.29, 0.717) is 16.1 Å². The zero-order valence-electron chi connectivity index (χ0n) is 10.7. The van der Waals surface area contributed by atoms with Gasteiger partial charge in [0.15, 0.2) is 0 Å². The topological polar surface area (TPSA) is 12.0 Å². The average molecular weight is 282 g/mol. The van der Waals surface area contributed by atoms with Crippen LogP contribution in [0, 0.1) is 18.6 Å². The third-order valence-electron chi connectivity index (χ3n) is 3.08. The van der Waals surface area contributed by atoms with Crippen LogP contribution in [-0.2, 0) is 0 Å². The van der Waals surface area contributed by atoms with Gasteiger partial charge in [-0.1, -0.05) is 23.7 Å². The highest BCUT2D eigenvalue weighted by Crippen LogP contribution is 2.27. The molecule has 0 heterocycles. The van der Waals surface area contributed by atoms with Crippen molar-refractivity contribution in [3.63, 3.8) is 0 Å². The molecule has 0 aromatic heterocycles. The van der Waals surface area contributed by atoms with Crippen molar-refractivity contribution in [2.45, 2.75) is 13.0 Å². The lowest BCUT2D eigenvalue weighted by Gasteiger charge is -2.19. The number of benzene rings is 2. The highest BCUT2D eigenvalue weighted by atomic mass is 35.5. The van der Waals surface area contributed by atoms with Gasteiger partial charge in [0.1, 0.15) is 11.6 Å². The lowest BCUT2D eigenvalue weighted by atomic mass is 9.97. The maximum Gasteiger partial charge on any atom is 0.131 e. The van der Waals surface area contributed by atoms with Crippen molar-refractivity contribution in [3.8, 4) is 0 Å². The van der Waals surface area contributed by atoms with E-state index >= 15 is 0 Å². The second-order valence-corrected chi connectivity index (χ2v) is 4.83. The first-order chi connectivity index (χ1) is 9.02. The Morgan fingerprint density at radius 3 is 2.26 bits per heavy atom. The molecule has 0 fully saturated rings. The molecular weight excluding hydrogens is 268 g/mol. The summed E-state index contributed by atoms with van der Waals surface area (Å²) >= 11 is 5.84. The van der Waals surface area contributed by atoms with Crippen LogP contribution in [0.3, 0.4) is 0 Å². The standard InChI is InChI=1S/C15H14ClF2N/c1-9-7-12(14(18)8-13(9)17)15(19-2)10-3-5-11(16)6-4-10/h3-8,15,19H,1-2H3. The molecule has 0 aliphatic rings. The van der Waals surface area contributed by atoms with Crippen molar-refractivity contribution in [1.29, 1.82) is 0 Å². The predicted octanol–water partition coefficient (Wildman–Crippen LogP) is 4.24. The quantitative estimate of drug-likeness (QED) is 0.887. The molecule has 0 aliphatic carbocycles. The fourth-order valence-electron chi connectivity index (χ4n) is 2.06. The molecule has 0 amide bonds. The highest BCUT2D eigenvalue weighted by Gasteiger charge is 2.18. The second-order valence-electron chi connectivity index (χ2n) is 4.40. The number of rotatable bonds is 3. The Labute approximate surface area is 116 Å². The van der Waals surface area contributed by atoms with Crippen LogP contribution in [0.1, 0.15) is 22.7 Å². The van der Waals surface area contributed by atoms with E-state index in [2.05, 4.69) is 5.32 Å². The van der Waals surface area contributed by atoms with Crippen LogP contribution < -0.4 is 5.32 Å². The van der Waals surface area contributed by atoms with Gasteiger partial charge in [-0.05, 0) is 43.3 Å². The van der Waals surface area contributed by atoms with E-state index in [9.17, 15) is 8.78 Å². The molecule has 0 saturated carbocycles. The van der Waals surface area contributed by atoms with E-state index in [1.807, 2.05) is 12.1 Å². The molecular formula is C15H14ClF2N. The highest BCUT2D eigenvalue weighted by molar-refractivity contribution is 6.30. The largest absolute Gasteiger partial charge is 0.309 e. The van der Waals surface area contributed by atoms with Gasteiger partial charge in [-0.2, -0.15) is 0 Å². The molecule has 2 aromatic carbocycles. The molecule has 0 aliphatic heterocycles. The van der Waals surface area contributed by atoms with E-state index in [0.717, 1.165) is 11.6 Å². The first-order valence-electron chi connectivity index (χ1n) is 5.91. The van der Waals surface area contributed by atoms with Crippen LogP contribution in [-0.4, -0.2) is 7.05 Å². The van der Waals surface area contributed by atoms with Gasteiger partial charge in [0, 0.05) is 16.7 Å². The molecule has 1 unspecified atom stereocenters. The van der Waals surface area contributed by atoms with Crippen molar-refractivity contribution in [1.82, 2.24) is 5.32 Å². The number of hydrogen-bond donors (Lipinski definition) is 1. The number of aryl methyl sites for hydroxylation is 1. The fraction of sp³-hybridized carbons (Fsp3) is 0.200. The smallest absolute Gasteiger partial charge is 0.131 e. The molecule has 2 aromatic rings. The number of hydrogen-bond acceptors (Lipinski definition) is 1. The third kappa shape index (κ3) is 2.94. The molecule has 2 rings (SSSR count). The van der Waals surface area contributed by atoms with Crippen LogP contribution >= 0.6 is 11.6 Å². The summed E-state index contributed by atoms with van der Waals surface area (Å²) in [4.78, 5) is 0. The van der Waals surface area contributed by atoms with Crippen molar-refractivity contribution < 1.29 is 8.78 Å². The van der Waals surface area contributed by atoms with Crippen LogP contribution in [0.2, 0.25) is 5.02 Å². The Morgan fingerprint density at radius 1 is 1.05 bits per heavy atom. The normalized spacial score (nSPS) is 12.5. The maximum absolute atomic E-state index is 13.9. The third-order valence-corrected chi connectivity index (χ3v) is 3.33. The second kappa shape index (κ2) is 5.68. The van der Waals surface area contributed by atoms with E-state index in [-0.39, 0.29) is 6.04 Å². The summed E-state index contributed by atoms with van der Waals surface area (Å²) in [5.41, 5.74) is 1.71. The first kappa shape index (κ1) is 14.0. The summed E-state index contributed by atoms with van der Waals surface area (Å²) in [6.07, 6.45) is 0. The van der Waals surface area contributed by atoms with Gasteiger partial charge in [0.05, 0.1) is 6.04 Å². The number of nitrogens with one attached hydrogen (secondary N) is 1. The van der Waals surface area contributed by atoms with E-state index in [4.69, 9.17) is 11.6 Å². The SMILES string of the molecule is CNC(c1ccc(Cl)cc1)c1cc(C)c(F)cc1F. The lowest BCUT2D eigenvalue weighted by Crippen LogP contribution is -2.19. The summed E-state index contributed by atoms with van der Waals surface area (Å²) in [6.45, 7) is 1.62. The van der Waals surface area contributed by atoms with Gasteiger partial charge in [0.2, 0.25) is 0 Å². The van der Waals surface area contributed by atoms with Crippen molar-refractivity contribution in [2.75, 3.05) is 7.05 Å². The molecule has 1 nitrogen and oxygen atoms in total. The van der Waals surface area contributed by atoms with Gasteiger partial charge < -0.3 is 5.32 Å². The first-order valence-corrected chi connectivity index (χ1v) is 6.29. The summed E-state index contributed by atoms with van der Waals surface area (Å²) in [7, 11) is 1.73. The molecule has 0 spiro atoms. The summed E-state index contributed by atoms with van der Waals surface area (Å²) in [6, 6.07) is 9.25. The Kier molecular flexibility index (Phi) is 4.17. The molecule has 1 N–H and O–H groups in total. The van der Waals surface area contributed by atoms with Crippen LogP contribution in [0.25, 0.3) is 0 Å². The molecule has 1 atom stereocenters. The zero-order valence-corrected chi connectivity index (χ0v) is 11.4. The minimum Gasteiger partial charge on any atom is -0.309 e. The van der Waals surface area contributed by atoms with E-state index in [1.54, 1.807) is 26.1 Å². The molecule has 0 saturated heterocycles. The minimum absolute atomic E-state index is 0.337. The van der Waals surface area contributed by atoms with Gasteiger partial charge in [-0.15, -0.1) is 0 Å². The van der Waals surface area contributed by atoms with Crippen molar-refractivity contribution in [2.24, 2.45) is 0 Å². The molecule has 4 heteroatoms. The van der Waals surface area contributed by atoms with Crippen molar-refractivity contribution in [3.05, 3.63) is 69.7 Å². The fourth-order valence-corrected chi connectivity index (χ4v) is 2.18. The number of halogens is 3. The summed E-state index contributed by atoms with van der Waals surface area (Å²) < 4.78 is 27.2. The minimum atomic E-state index is -0.558. The Balaban J connectivity index is 2.47. The van der Waals surface area contributed by atoms with Crippen LogP contribution in [0.4, 0.5) is 8.78 Å². The Bertz CT molecular complexity index is 581.